The molecule has 0 heterocycles. The van der Waals surface area contributed by atoms with Crippen molar-refractivity contribution in [3.63, 3.8) is 0 Å². The highest BCUT2D eigenvalue weighted by molar-refractivity contribution is 7.89. The normalized spacial score (nSPS) is 11.8. The van der Waals surface area contributed by atoms with Crippen LogP contribution in [0, 0.1) is 11.6 Å². The molecular weight excluding hydrogens is 286 g/mol. The van der Waals surface area contributed by atoms with Crippen molar-refractivity contribution in [1.29, 1.82) is 0 Å². The second-order valence-corrected chi connectivity index (χ2v) is 6.10. The standard InChI is InChI=1S/C13H18F2N2O2S/c1-3-7-17(8-4-2)20(18,19)12-6-5-11(14)10(9-16)13(12)15/h3,5-6H,1,4,7-9,16H2,2H3. The molecule has 0 aliphatic carbocycles. The Labute approximate surface area is 117 Å². The molecule has 0 aliphatic rings. The fourth-order valence-corrected chi connectivity index (χ4v) is 3.40. The average molecular weight is 304 g/mol. The Kier molecular flexibility index (Phi) is 5.79. The molecule has 1 aromatic carbocycles. The van der Waals surface area contributed by atoms with Crippen LogP contribution in [0.25, 0.3) is 0 Å². The molecule has 0 atom stereocenters. The summed E-state index contributed by atoms with van der Waals surface area (Å²) in [5.41, 5.74) is 4.82. The molecule has 20 heavy (non-hydrogen) atoms. The van der Waals surface area contributed by atoms with E-state index < -0.39 is 38.7 Å². The summed E-state index contributed by atoms with van der Waals surface area (Å²) in [5, 5.41) is 0. The van der Waals surface area contributed by atoms with Crippen LogP contribution in [-0.2, 0) is 16.6 Å². The van der Waals surface area contributed by atoms with Crippen molar-refractivity contribution in [3.05, 3.63) is 42.0 Å². The molecule has 7 heteroatoms. The summed E-state index contributed by atoms with van der Waals surface area (Å²) in [6.45, 7) is 5.16. The summed E-state index contributed by atoms with van der Waals surface area (Å²) in [7, 11) is -4.04. The molecule has 0 saturated heterocycles. The smallest absolute Gasteiger partial charge is 0.246 e. The lowest BCUT2D eigenvalue weighted by Crippen LogP contribution is -2.33. The Balaban J connectivity index is 3.37. The molecule has 0 radical (unpaired) electrons. The van der Waals surface area contributed by atoms with Crippen molar-refractivity contribution in [2.24, 2.45) is 5.73 Å². The molecule has 4 nitrogen and oxygen atoms in total. The van der Waals surface area contributed by atoms with Crippen LogP contribution in [0.4, 0.5) is 8.78 Å². The van der Waals surface area contributed by atoms with E-state index in [2.05, 4.69) is 6.58 Å². The zero-order chi connectivity index (χ0) is 15.3. The van der Waals surface area contributed by atoms with Gasteiger partial charge in [-0.05, 0) is 18.6 Å². The van der Waals surface area contributed by atoms with Crippen LogP contribution in [-0.4, -0.2) is 25.8 Å². The van der Waals surface area contributed by atoms with Gasteiger partial charge >= 0.3 is 0 Å². The molecule has 1 rings (SSSR count). The van der Waals surface area contributed by atoms with Gasteiger partial charge in [-0.15, -0.1) is 6.58 Å². The summed E-state index contributed by atoms with van der Waals surface area (Å²) in [4.78, 5) is -0.561. The molecule has 0 amide bonds. The predicted octanol–water partition coefficient (Wildman–Crippen LogP) is 2.01. The number of rotatable bonds is 7. The van der Waals surface area contributed by atoms with Gasteiger partial charge in [-0.2, -0.15) is 4.31 Å². The van der Waals surface area contributed by atoms with Gasteiger partial charge in [0.2, 0.25) is 10.0 Å². The maximum atomic E-state index is 14.1. The fourth-order valence-electron chi connectivity index (χ4n) is 1.80. The van der Waals surface area contributed by atoms with E-state index in [1.165, 1.54) is 6.08 Å². The lowest BCUT2D eigenvalue weighted by atomic mass is 10.2. The minimum Gasteiger partial charge on any atom is -0.326 e. The van der Waals surface area contributed by atoms with E-state index in [1.807, 2.05) is 0 Å². The van der Waals surface area contributed by atoms with Crippen LogP contribution in [0.2, 0.25) is 0 Å². The van der Waals surface area contributed by atoms with Gasteiger partial charge in [-0.3, -0.25) is 0 Å². The molecular formula is C13H18F2N2O2S. The second kappa shape index (κ2) is 6.92. The van der Waals surface area contributed by atoms with E-state index >= 15 is 0 Å². The van der Waals surface area contributed by atoms with E-state index in [0.29, 0.717) is 6.42 Å². The lowest BCUT2D eigenvalue weighted by Gasteiger charge is -2.21. The Morgan fingerprint density at radius 2 is 2.05 bits per heavy atom. The van der Waals surface area contributed by atoms with Crippen LogP contribution in [0.5, 0.6) is 0 Å². The third kappa shape index (κ3) is 3.23. The van der Waals surface area contributed by atoms with E-state index in [4.69, 9.17) is 5.73 Å². The van der Waals surface area contributed by atoms with Gasteiger partial charge < -0.3 is 5.73 Å². The van der Waals surface area contributed by atoms with Crippen LogP contribution >= 0.6 is 0 Å². The topological polar surface area (TPSA) is 63.4 Å². The van der Waals surface area contributed by atoms with E-state index in [1.54, 1.807) is 6.92 Å². The number of halogens is 2. The first-order valence-corrected chi connectivity index (χ1v) is 7.62. The monoisotopic (exact) mass is 304 g/mol. The van der Waals surface area contributed by atoms with Gasteiger partial charge in [0.15, 0.2) is 5.82 Å². The molecule has 0 saturated carbocycles. The number of benzene rings is 1. The fraction of sp³-hybridized carbons (Fsp3) is 0.385. The number of hydrogen-bond donors (Lipinski definition) is 1. The zero-order valence-electron chi connectivity index (χ0n) is 11.3. The first-order valence-electron chi connectivity index (χ1n) is 6.18. The summed E-state index contributed by atoms with van der Waals surface area (Å²) in [5.74, 6) is -1.98. The van der Waals surface area contributed by atoms with Gasteiger partial charge in [0.25, 0.3) is 0 Å². The Bertz CT molecular complexity index is 588. The average Bonchev–Trinajstić information content (AvgIpc) is 2.38. The van der Waals surface area contributed by atoms with Crippen molar-refractivity contribution in [2.75, 3.05) is 13.1 Å². The third-order valence-corrected chi connectivity index (χ3v) is 4.66. The van der Waals surface area contributed by atoms with Crippen LogP contribution in [0.3, 0.4) is 0 Å². The number of nitrogens with zero attached hydrogens (tertiary/aromatic N) is 1. The number of nitrogens with two attached hydrogens (primary N) is 1. The maximum Gasteiger partial charge on any atom is 0.246 e. The molecule has 0 fully saturated rings. The SMILES string of the molecule is C=CCN(CCC)S(=O)(=O)c1ccc(F)c(CN)c1F. The minimum absolute atomic E-state index is 0.0605. The van der Waals surface area contributed by atoms with Crippen LogP contribution in [0.1, 0.15) is 18.9 Å². The zero-order valence-corrected chi connectivity index (χ0v) is 12.1. The van der Waals surface area contributed by atoms with Gasteiger partial charge in [-0.1, -0.05) is 13.0 Å². The first-order chi connectivity index (χ1) is 9.39. The lowest BCUT2D eigenvalue weighted by molar-refractivity contribution is 0.434. The first kappa shape index (κ1) is 16.7. The molecule has 0 aromatic heterocycles. The summed E-state index contributed by atoms with van der Waals surface area (Å²) < 4.78 is 53.4. The minimum atomic E-state index is -4.04. The highest BCUT2D eigenvalue weighted by Crippen LogP contribution is 2.24. The number of hydrogen-bond acceptors (Lipinski definition) is 3. The summed E-state index contributed by atoms with van der Waals surface area (Å²) in [6, 6.07) is 1.83. The molecule has 0 bridgehead atoms. The Morgan fingerprint density at radius 1 is 1.40 bits per heavy atom. The largest absolute Gasteiger partial charge is 0.326 e. The van der Waals surface area contributed by atoms with Crippen molar-refractivity contribution < 1.29 is 17.2 Å². The molecule has 112 valence electrons. The third-order valence-electron chi connectivity index (χ3n) is 2.78. The molecule has 0 spiro atoms. The van der Waals surface area contributed by atoms with Gasteiger partial charge in [-0.25, -0.2) is 17.2 Å². The second-order valence-electron chi connectivity index (χ2n) is 4.19. The van der Waals surface area contributed by atoms with Gasteiger partial charge in [0.05, 0.1) is 0 Å². The van der Waals surface area contributed by atoms with Crippen LogP contribution < -0.4 is 5.73 Å². The number of sulfonamides is 1. The quantitative estimate of drug-likeness (QED) is 0.784. The van der Waals surface area contributed by atoms with Crippen molar-refractivity contribution in [2.45, 2.75) is 24.8 Å². The molecule has 1 aromatic rings. The van der Waals surface area contributed by atoms with E-state index in [9.17, 15) is 17.2 Å². The van der Waals surface area contributed by atoms with Crippen molar-refractivity contribution >= 4 is 10.0 Å². The van der Waals surface area contributed by atoms with Crippen molar-refractivity contribution in [3.8, 4) is 0 Å². The van der Waals surface area contributed by atoms with Crippen LogP contribution in [0.15, 0.2) is 29.7 Å². The summed E-state index contributed by atoms with van der Waals surface area (Å²) in [6.07, 6.45) is 1.98. The molecule has 0 aliphatic heterocycles. The van der Waals surface area contributed by atoms with Gasteiger partial charge in [0, 0.05) is 25.2 Å². The Hall–Kier alpha value is -1.31. The van der Waals surface area contributed by atoms with Gasteiger partial charge in [0.1, 0.15) is 10.7 Å². The predicted molar refractivity (Wildman–Crippen MR) is 73.5 cm³/mol. The summed E-state index contributed by atoms with van der Waals surface area (Å²) >= 11 is 0. The maximum absolute atomic E-state index is 14.1. The highest BCUT2D eigenvalue weighted by atomic mass is 32.2. The highest BCUT2D eigenvalue weighted by Gasteiger charge is 2.28. The molecule has 2 N–H and O–H groups in total. The van der Waals surface area contributed by atoms with E-state index in [0.717, 1.165) is 16.4 Å². The van der Waals surface area contributed by atoms with E-state index in [-0.39, 0.29) is 13.1 Å². The molecule has 0 unspecified atom stereocenters. The van der Waals surface area contributed by atoms with Crippen molar-refractivity contribution in [1.82, 2.24) is 4.31 Å². The Morgan fingerprint density at radius 3 is 2.55 bits per heavy atom.